The molecule has 1 heterocycles. The van der Waals surface area contributed by atoms with E-state index in [-0.39, 0.29) is 43.4 Å². The highest BCUT2D eigenvalue weighted by Crippen LogP contribution is 2.37. The van der Waals surface area contributed by atoms with Crippen LogP contribution in [0.5, 0.6) is 0 Å². The predicted octanol–water partition coefficient (Wildman–Crippen LogP) is 2.44. The van der Waals surface area contributed by atoms with Crippen LogP contribution >= 0.6 is 19.2 Å². The molecule has 30 heavy (non-hydrogen) atoms. The van der Waals surface area contributed by atoms with E-state index in [9.17, 15) is 14.7 Å². The third-order valence-corrected chi connectivity index (χ3v) is 4.85. The Labute approximate surface area is 177 Å². The number of ether oxygens (including phenoxy) is 3. The molecule has 0 amide bonds. The molecule has 0 aliphatic heterocycles. The number of halogens is 1. The molecule has 0 saturated carbocycles. The molecule has 11 nitrogen and oxygen atoms in total. The van der Waals surface area contributed by atoms with Crippen molar-refractivity contribution in [3.8, 4) is 0 Å². The zero-order chi connectivity index (χ0) is 22.0. The molecule has 13 heteroatoms. The van der Waals surface area contributed by atoms with Gasteiger partial charge >= 0.3 is 13.3 Å². The van der Waals surface area contributed by atoms with E-state index in [4.69, 9.17) is 35.6 Å². The average Bonchev–Trinajstić information content (AvgIpc) is 2.67. The first-order chi connectivity index (χ1) is 14.3. The third kappa shape index (κ3) is 8.11. The summed E-state index contributed by atoms with van der Waals surface area (Å²) in [5.41, 5.74) is 0.563. The number of nitro groups is 1. The first kappa shape index (κ1) is 24.4. The van der Waals surface area contributed by atoms with E-state index in [1.165, 1.54) is 0 Å². The Hall–Kier alpha value is -1.85. The quantitative estimate of drug-likeness (QED) is 0.125. The van der Waals surface area contributed by atoms with E-state index in [2.05, 4.69) is 10.3 Å². The lowest BCUT2D eigenvalue weighted by atomic mass is 10.1. The largest absolute Gasteiger partial charge is 0.378 e. The topological polar surface area (TPSA) is 153 Å². The molecule has 1 aromatic carbocycles. The van der Waals surface area contributed by atoms with Crippen LogP contribution in [0.1, 0.15) is 0 Å². The fraction of sp³-hybridized carbons (Fsp3) is 0.471. The van der Waals surface area contributed by atoms with Gasteiger partial charge in [-0.3, -0.25) is 14.7 Å². The van der Waals surface area contributed by atoms with Gasteiger partial charge in [0.25, 0.3) is 0 Å². The van der Waals surface area contributed by atoms with Crippen LogP contribution in [0.15, 0.2) is 24.3 Å². The molecule has 166 valence electrons. The second kappa shape index (κ2) is 12.1. The van der Waals surface area contributed by atoms with E-state index in [0.29, 0.717) is 36.3 Å². The molecule has 0 fully saturated rings. The highest BCUT2D eigenvalue weighted by molar-refractivity contribution is 7.51. The molecule has 0 atom stereocenters. The highest BCUT2D eigenvalue weighted by Gasteiger charge is 2.23. The Balaban J connectivity index is 1.68. The normalized spacial score (nSPS) is 11.7. The number of benzene rings is 1. The zero-order valence-electron chi connectivity index (χ0n) is 16.0. The third-order valence-electron chi connectivity index (χ3n) is 3.83. The fourth-order valence-electron chi connectivity index (χ4n) is 2.49. The van der Waals surface area contributed by atoms with Crippen molar-refractivity contribution in [1.82, 2.24) is 4.98 Å². The van der Waals surface area contributed by atoms with Crippen LogP contribution in [0.25, 0.3) is 10.9 Å². The smallest absolute Gasteiger partial charge is 0.329 e. The van der Waals surface area contributed by atoms with Gasteiger partial charge in [0.05, 0.1) is 56.2 Å². The Morgan fingerprint density at radius 3 is 2.30 bits per heavy atom. The number of pyridine rings is 1. The number of fused-ring (bicyclic) bond motifs is 1. The summed E-state index contributed by atoms with van der Waals surface area (Å²) in [6, 6.07) is 6.98. The van der Waals surface area contributed by atoms with Crippen LogP contribution in [0.4, 0.5) is 11.4 Å². The Morgan fingerprint density at radius 2 is 1.67 bits per heavy atom. The number of nitrogens with one attached hydrogen (secondary N) is 1. The number of anilines is 1. The maximum atomic E-state index is 11.4. The summed E-state index contributed by atoms with van der Waals surface area (Å²) in [6.45, 7) is 1.69. The van der Waals surface area contributed by atoms with Gasteiger partial charge < -0.3 is 29.3 Å². The number of rotatable bonds is 14. The van der Waals surface area contributed by atoms with E-state index in [1.54, 1.807) is 24.3 Å². The van der Waals surface area contributed by atoms with Gasteiger partial charge in [0.2, 0.25) is 5.15 Å². The van der Waals surface area contributed by atoms with Crippen molar-refractivity contribution in [2.24, 2.45) is 0 Å². The first-order valence-electron chi connectivity index (χ1n) is 9.04. The first-order valence-corrected chi connectivity index (χ1v) is 11.2. The van der Waals surface area contributed by atoms with Crippen LogP contribution in [-0.4, -0.2) is 72.0 Å². The summed E-state index contributed by atoms with van der Waals surface area (Å²) in [5, 5.41) is 14.8. The minimum absolute atomic E-state index is 0.0321. The lowest BCUT2D eigenvalue weighted by Gasteiger charge is -2.11. The number of nitrogens with zero attached hydrogens (tertiary/aromatic N) is 2. The molecule has 0 bridgehead atoms. The summed E-state index contributed by atoms with van der Waals surface area (Å²) in [6.07, 6.45) is -0.320. The standard InChI is InChI=1S/C17H23ClN3O8P/c18-17-16(21(22)23)15(13-3-1-2-4-14(13)20-17)19-5-6-27-7-8-28-9-10-29-11-12-30(24,25)26/h1-4H,5-12H2,(H,19,20)(H2,24,25,26). The molecule has 0 unspecified atom stereocenters. The highest BCUT2D eigenvalue weighted by atomic mass is 35.5. The van der Waals surface area contributed by atoms with E-state index >= 15 is 0 Å². The Morgan fingerprint density at radius 1 is 1.07 bits per heavy atom. The summed E-state index contributed by atoms with van der Waals surface area (Å²) in [7, 11) is -4.03. The van der Waals surface area contributed by atoms with Crippen molar-refractivity contribution in [2.75, 3.05) is 57.7 Å². The van der Waals surface area contributed by atoms with Crippen LogP contribution < -0.4 is 5.32 Å². The van der Waals surface area contributed by atoms with Crippen molar-refractivity contribution in [2.45, 2.75) is 0 Å². The maximum absolute atomic E-state index is 11.4. The number of hydrogen-bond donors (Lipinski definition) is 3. The van der Waals surface area contributed by atoms with Crippen molar-refractivity contribution >= 4 is 41.5 Å². The Kier molecular flexibility index (Phi) is 9.86. The molecular formula is C17H23ClN3O8P. The summed E-state index contributed by atoms with van der Waals surface area (Å²) in [5.74, 6) is 0. The van der Waals surface area contributed by atoms with Gasteiger partial charge in [0, 0.05) is 11.9 Å². The van der Waals surface area contributed by atoms with Gasteiger partial charge in [-0.05, 0) is 6.07 Å². The van der Waals surface area contributed by atoms with Crippen LogP contribution in [0.3, 0.4) is 0 Å². The molecule has 0 saturated heterocycles. The minimum Gasteiger partial charge on any atom is -0.378 e. The number of para-hydroxylation sites is 1. The SMILES string of the molecule is O=[N+]([O-])c1c(Cl)nc2ccccc2c1NCCOCCOCCOCCP(=O)(O)O. The van der Waals surface area contributed by atoms with Crippen molar-refractivity contribution in [3.05, 3.63) is 39.5 Å². The molecule has 1 aromatic heterocycles. The summed E-state index contributed by atoms with van der Waals surface area (Å²) >= 11 is 5.98. The Bertz CT molecular complexity index is 895. The molecule has 0 aliphatic rings. The van der Waals surface area contributed by atoms with Crippen molar-refractivity contribution in [1.29, 1.82) is 0 Å². The van der Waals surface area contributed by atoms with Crippen molar-refractivity contribution in [3.63, 3.8) is 0 Å². The second-order valence-corrected chi connectivity index (χ2v) is 8.19. The van der Waals surface area contributed by atoms with Gasteiger partial charge in [-0.15, -0.1) is 0 Å². The molecule has 2 aromatic rings. The maximum Gasteiger partial charge on any atom is 0.329 e. The van der Waals surface area contributed by atoms with Gasteiger partial charge in [-0.2, -0.15) is 0 Å². The molecular weight excluding hydrogens is 441 g/mol. The predicted molar refractivity (Wildman–Crippen MR) is 111 cm³/mol. The second-order valence-electron chi connectivity index (χ2n) is 6.05. The molecule has 0 spiro atoms. The minimum atomic E-state index is -4.03. The molecule has 0 aliphatic carbocycles. The van der Waals surface area contributed by atoms with Crippen LogP contribution in [0, 0.1) is 10.1 Å². The summed E-state index contributed by atoms with van der Waals surface area (Å²) in [4.78, 5) is 32.2. The monoisotopic (exact) mass is 463 g/mol. The van der Waals surface area contributed by atoms with Gasteiger partial charge in [0.1, 0.15) is 5.69 Å². The molecule has 2 rings (SSSR count). The van der Waals surface area contributed by atoms with Gasteiger partial charge in [-0.25, -0.2) is 4.98 Å². The number of aromatic nitrogens is 1. The van der Waals surface area contributed by atoms with Crippen LogP contribution in [0.2, 0.25) is 5.15 Å². The lowest BCUT2D eigenvalue weighted by Crippen LogP contribution is -2.15. The van der Waals surface area contributed by atoms with Crippen LogP contribution in [-0.2, 0) is 18.8 Å². The summed E-state index contributed by atoms with van der Waals surface area (Å²) < 4.78 is 26.4. The molecule has 3 N–H and O–H groups in total. The van der Waals surface area contributed by atoms with E-state index in [0.717, 1.165) is 0 Å². The average molecular weight is 464 g/mol. The zero-order valence-corrected chi connectivity index (χ0v) is 17.7. The van der Waals surface area contributed by atoms with Gasteiger partial charge in [-0.1, -0.05) is 29.8 Å². The van der Waals surface area contributed by atoms with E-state index in [1.807, 2.05) is 0 Å². The molecule has 0 radical (unpaired) electrons. The van der Waals surface area contributed by atoms with E-state index < -0.39 is 12.5 Å². The fourth-order valence-corrected chi connectivity index (χ4v) is 3.11. The van der Waals surface area contributed by atoms with Crippen molar-refractivity contribution < 1.29 is 33.5 Å². The van der Waals surface area contributed by atoms with Gasteiger partial charge in [0.15, 0.2) is 0 Å². The lowest BCUT2D eigenvalue weighted by molar-refractivity contribution is -0.384. The number of hydrogen-bond acceptors (Lipinski definition) is 8.